The number of carbonyl (C=O) groups is 1. The summed E-state index contributed by atoms with van der Waals surface area (Å²) >= 11 is 0. The summed E-state index contributed by atoms with van der Waals surface area (Å²) in [7, 11) is 1.79. The van der Waals surface area contributed by atoms with Gasteiger partial charge in [0.15, 0.2) is 0 Å². The molecule has 0 aliphatic rings. The Morgan fingerprint density at radius 2 is 1.96 bits per heavy atom. The predicted molar refractivity (Wildman–Crippen MR) is 104 cm³/mol. The van der Waals surface area contributed by atoms with Crippen molar-refractivity contribution < 1.29 is 9.53 Å². The van der Waals surface area contributed by atoms with Crippen LogP contribution in [0.2, 0.25) is 0 Å². The number of benzene rings is 1. The van der Waals surface area contributed by atoms with Gasteiger partial charge in [0, 0.05) is 13.6 Å². The average Bonchev–Trinajstić information content (AvgIpc) is 3.04. The van der Waals surface area contributed by atoms with Crippen molar-refractivity contribution >= 4 is 5.91 Å². The van der Waals surface area contributed by atoms with Gasteiger partial charge in [-0.3, -0.25) is 9.48 Å². The van der Waals surface area contributed by atoms with Gasteiger partial charge in [-0.05, 0) is 36.6 Å². The number of rotatable bonds is 11. The minimum absolute atomic E-state index is 0.109. The molecule has 0 saturated heterocycles. The highest BCUT2D eigenvalue weighted by molar-refractivity contribution is 5.92. The first kappa shape index (κ1) is 20.0. The third-order valence-corrected chi connectivity index (χ3v) is 4.39. The van der Waals surface area contributed by atoms with E-state index in [1.807, 2.05) is 37.3 Å². The Balaban J connectivity index is 1.80. The van der Waals surface area contributed by atoms with Gasteiger partial charge in [-0.1, -0.05) is 51.7 Å². The van der Waals surface area contributed by atoms with Crippen LogP contribution >= 0.6 is 0 Å². The highest BCUT2D eigenvalue weighted by Crippen LogP contribution is 2.14. The van der Waals surface area contributed by atoms with E-state index >= 15 is 0 Å². The normalized spacial score (nSPS) is 10.7. The van der Waals surface area contributed by atoms with Crippen molar-refractivity contribution in [2.45, 2.75) is 58.9 Å². The minimum atomic E-state index is -0.109. The number of aryl methyl sites for hydroxylation is 2. The largest absolute Gasteiger partial charge is 0.494 e. The maximum Gasteiger partial charge on any atom is 0.269 e. The van der Waals surface area contributed by atoms with Crippen LogP contribution in [-0.4, -0.2) is 22.3 Å². The van der Waals surface area contributed by atoms with Gasteiger partial charge in [0.05, 0.1) is 12.3 Å². The van der Waals surface area contributed by atoms with Crippen molar-refractivity contribution in [1.29, 1.82) is 0 Å². The van der Waals surface area contributed by atoms with Gasteiger partial charge in [-0.2, -0.15) is 5.10 Å². The number of hydrogen-bond donors (Lipinski definition) is 1. The molecule has 1 amide bonds. The molecule has 0 atom stereocenters. The van der Waals surface area contributed by atoms with Crippen molar-refractivity contribution in [3.8, 4) is 5.75 Å². The van der Waals surface area contributed by atoms with Crippen LogP contribution in [0.15, 0.2) is 30.3 Å². The first-order chi connectivity index (χ1) is 12.6. The van der Waals surface area contributed by atoms with Crippen LogP contribution in [0.1, 0.15) is 67.7 Å². The van der Waals surface area contributed by atoms with Crippen LogP contribution < -0.4 is 10.1 Å². The third kappa shape index (κ3) is 6.21. The maximum absolute atomic E-state index is 12.3. The number of nitrogens with one attached hydrogen (secondary N) is 1. The van der Waals surface area contributed by atoms with Crippen LogP contribution in [0.4, 0.5) is 0 Å². The number of unbranched alkanes of at least 4 members (excludes halogenated alkanes) is 4. The second-order valence-electron chi connectivity index (χ2n) is 6.59. The maximum atomic E-state index is 12.3. The van der Waals surface area contributed by atoms with Gasteiger partial charge in [0.1, 0.15) is 11.4 Å². The molecule has 0 aliphatic heterocycles. The van der Waals surface area contributed by atoms with Crippen LogP contribution in [-0.2, 0) is 20.0 Å². The molecule has 1 heterocycles. The molecule has 0 radical (unpaired) electrons. The first-order valence-electron chi connectivity index (χ1n) is 9.66. The lowest BCUT2D eigenvalue weighted by Crippen LogP contribution is -2.25. The van der Waals surface area contributed by atoms with Gasteiger partial charge >= 0.3 is 0 Å². The topological polar surface area (TPSA) is 56.1 Å². The SMILES string of the molecule is CCCCCCCOc1cccc(CNC(=O)c2cc(CC)nn2C)c1. The van der Waals surface area contributed by atoms with E-state index in [4.69, 9.17) is 4.74 Å². The van der Waals surface area contributed by atoms with Crippen LogP contribution in [0, 0.1) is 0 Å². The van der Waals surface area contributed by atoms with Crippen molar-refractivity contribution in [2.24, 2.45) is 7.05 Å². The molecule has 5 nitrogen and oxygen atoms in total. The zero-order chi connectivity index (χ0) is 18.8. The summed E-state index contributed by atoms with van der Waals surface area (Å²) in [6, 6.07) is 9.76. The van der Waals surface area contributed by atoms with Crippen molar-refractivity contribution in [3.63, 3.8) is 0 Å². The zero-order valence-corrected chi connectivity index (χ0v) is 16.3. The molecule has 1 N–H and O–H groups in total. The molecule has 26 heavy (non-hydrogen) atoms. The number of ether oxygens (including phenoxy) is 1. The molecule has 0 unspecified atom stereocenters. The van der Waals surface area contributed by atoms with Crippen molar-refractivity contribution in [3.05, 3.63) is 47.3 Å². The van der Waals surface area contributed by atoms with E-state index in [0.717, 1.165) is 36.5 Å². The highest BCUT2D eigenvalue weighted by atomic mass is 16.5. The monoisotopic (exact) mass is 357 g/mol. The van der Waals surface area contributed by atoms with E-state index in [-0.39, 0.29) is 5.91 Å². The van der Waals surface area contributed by atoms with Crippen LogP contribution in [0.25, 0.3) is 0 Å². The molecule has 0 saturated carbocycles. The number of aromatic nitrogens is 2. The quantitative estimate of drug-likeness (QED) is 0.611. The fourth-order valence-corrected chi connectivity index (χ4v) is 2.83. The molecule has 5 heteroatoms. The summed E-state index contributed by atoms with van der Waals surface area (Å²) < 4.78 is 7.46. The summed E-state index contributed by atoms with van der Waals surface area (Å²) in [6.07, 6.45) is 6.95. The zero-order valence-electron chi connectivity index (χ0n) is 16.3. The molecule has 2 rings (SSSR count). The second kappa shape index (κ2) is 10.6. The summed E-state index contributed by atoms with van der Waals surface area (Å²) in [5.41, 5.74) is 2.54. The second-order valence-corrected chi connectivity index (χ2v) is 6.59. The smallest absolute Gasteiger partial charge is 0.269 e. The molecular weight excluding hydrogens is 326 g/mol. The Hall–Kier alpha value is -2.30. The van der Waals surface area contributed by atoms with Crippen LogP contribution in [0.3, 0.4) is 0 Å². The van der Waals surface area contributed by atoms with E-state index in [0.29, 0.717) is 12.2 Å². The third-order valence-electron chi connectivity index (χ3n) is 4.39. The number of carbonyl (C=O) groups excluding carboxylic acids is 1. The summed E-state index contributed by atoms with van der Waals surface area (Å²) in [5, 5.41) is 7.27. The van der Waals surface area contributed by atoms with E-state index in [9.17, 15) is 4.79 Å². The predicted octanol–water partition coefficient (Wildman–Crippen LogP) is 4.26. The van der Waals surface area contributed by atoms with E-state index in [1.54, 1.807) is 11.7 Å². The van der Waals surface area contributed by atoms with Gasteiger partial charge in [0.25, 0.3) is 5.91 Å². The Bertz CT molecular complexity index is 694. The summed E-state index contributed by atoms with van der Waals surface area (Å²) in [4.78, 5) is 12.3. The molecule has 2 aromatic rings. The fraction of sp³-hybridized carbons (Fsp3) is 0.524. The Morgan fingerprint density at radius 3 is 2.69 bits per heavy atom. The molecule has 1 aromatic carbocycles. The molecule has 0 bridgehead atoms. The van der Waals surface area contributed by atoms with Gasteiger partial charge in [0.2, 0.25) is 0 Å². The summed E-state index contributed by atoms with van der Waals surface area (Å²) in [5.74, 6) is 0.753. The molecular formula is C21H31N3O2. The lowest BCUT2D eigenvalue weighted by molar-refractivity contribution is 0.0941. The Morgan fingerprint density at radius 1 is 1.15 bits per heavy atom. The van der Waals surface area contributed by atoms with Gasteiger partial charge < -0.3 is 10.1 Å². The lowest BCUT2D eigenvalue weighted by Gasteiger charge is -2.09. The lowest BCUT2D eigenvalue weighted by atomic mass is 10.2. The number of hydrogen-bond acceptors (Lipinski definition) is 3. The van der Waals surface area contributed by atoms with E-state index < -0.39 is 0 Å². The number of nitrogens with zero attached hydrogens (tertiary/aromatic N) is 2. The van der Waals surface area contributed by atoms with Crippen molar-refractivity contribution in [2.75, 3.05) is 6.61 Å². The first-order valence-corrected chi connectivity index (χ1v) is 9.66. The fourth-order valence-electron chi connectivity index (χ4n) is 2.83. The Kier molecular flexibility index (Phi) is 8.19. The standard InChI is InChI=1S/C21H31N3O2/c1-4-6-7-8-9-13-26-19-12-10-11-17(14-19)16-22-21(25)20-15-18(5-2)23-24(20)3/h10-12,14-15H,4-9,13,16H2,1-3H3,(H,22,25). The molecule has 1 aromatic heterocycles. The Labute approximate surface area is 156 Å². The molecule has 0 spiro atoms. The average molecular weight is 357 g/mol. The minimum Gasteiger partial charge on any atom is -0.494 e. The molecule has 0 aliphatic carbocycles. The molecule has 142 valence electrons. The summed E-state index contributed by atoms with van der Waals surface area (Å²) in [6.45, 7) is 5.46. The molecule has 0 fully saturated rings. The van der Waals surface area contributed by atoms with E-state index in [2.05, 4.69) is 17.3 Å². The van der Waals surface area contributed by atoms with Crippen LogP contribution in [0.5, 0.6) is 5.75 Å². The van der Waals surface area contributed by atoms with Gasteiger partial charge in [-0.25, -0.2) is 0 Å². The van der Waals surface area contributed by atoms with E-state index in [1.165, 1.54) is 25.7 Å². The van der Waals surface area contributed by atoms with Gasteiger partial charge in [-0.15, -0.1) is 0 Å². The highest BCUT2D eigenvalue weighted by Gasteiger charge is 2.12. The van der Waals surface area contributed by atoms with Crippen molar-refractivity contribution in [1.82, 2.24) is 15.1 Å². The number of amides is 1.